The van der Waals surface area contributed by atoms with E-state index >= 15 is 0 Å². The first-order chi connectivity index (χ1) is 8.56. The van der Waals surface area contributed by atoms with Crippen molar-refractivity contribution in [1.82, 2.24) is 0 Å². The van der Waals surface area contributed by atoms with E-state index in [1.807, 2.05) is 26.0 Å². The Morgan fingerprint density at radius 3 is 2.28 bits per heavy atom. The molecule has 3 nitrogen and oxygen atoms in total. The van der Waals surface area contributed by atoms with Gasteiger partial charge in [-0.25, -0.2) is 0 Å². The summed E-state index contributed by atoms with van der Waals surface area (Å²) in [7, 11) is 2.11. The van der Waals surface area contributed by atoms with Gasteiger partial charge in [0.25, 0.3) is 0 Å². The smallest absolute Gasteiger partial charge is 0.119 e. The zero-order valence-corrected chi connectivity index (χ0v) is 12.0. The first-order valence-electron chi connectivity index (χ1n) is 6.74. The summed E-state index contributed by atoms with van der Waals surface area (Å²) in [6, 6.07) is 8.24. The van der Waals surface area contributed by atoms with Crippen molar-refractivity contribution in [2.45, 2.75) is 33.3 Å². The largest absolute Gasteiger partial charge is 0.491 e. The third-order valence-corrected chi connectivity index (χ3v) is 3.09. The monoisotopic (exact) mass is 250 g/mol. The molecule has 2 N–H and O–H groups in total. The fourth-order valence-corrected chi connectivity index (χ4v) is 1.91. The Hall–Kier alpha value is -1.22. The minimum absolute atomic E-state index is 0.218. The first kappa shape index (κ1) is 14.8. The summed E-state index contributed by atoms with van der Waals surface area (Å²) >= 11 is 0. The van der Waals surface area contributed by atoms with E-state index in [4.69, 9.17) is 10.5 Å². The summed E-state index contributed by atoms with van der Waals surface area (Å²) in [6.45, 7) is 8.00. The van der Waals surface area contributed by atoms with Crippen molar-refractivity contribution in [2.75, 3.05) is 25.0 Å². The van der Waals surface area contributed by atoms with Gasteiger partial charge in [0.1, 0.15) is 5.75 Å². The molecule has 0 radical (unpaired) electrons. The highest BCUT2D eigenvalue weighted by molar-refractivity contribution is 5.48. The van der Waals surface area contributed by atoms with Crippen LogP contribution in [0.2, 0.25) is 0 Å². The molecule has 0 fully saturated rings. The SMILES string of the molecule is CCC(CN)CN(C)c1ccc(OC(C)C)cc1. The number of nitrogens with two attached hydrogens (primary N) is 1. The Morgan fingerprint density at radius 1 is 1.22 bits per heavy atom. The van der Waals surface area contributed by atoms with Gasteiger partial charge in [0.15, 0.2) is 0 Å². The van der Waals surface area contributed by atoms with Crippen LogP contribution in [0.3, 0.4) is 0 Å². The maximum absolute atomic E-state index is 5.74. The molecular formula is C15H26N2O. The molecule has 18 heavy (non-hydrogen) atoms. The molecule has 3 heteroatoms. The molecule has 0 heterocycles. The minimum atomic E-state index is 0.218. The van der Waals surface area contributed by atoms with Crippen LogP contribution >= 0.6 is 0 Å². The maximum atomic E-state index is 5.74. The molecule has 1 aromatic rings. The summed E-state index contributed by atoms with van der Waals surface area (Å²) in [5.74, 6) is 1.48. The Kier molecular flexibility index (Phi) is 5.99. The lowest BCUT2D eigenvalue weighted by Gasteiger charge is -2.24. The van der Waals surface area contributed by atoms with Gasteiger partial charge in [-0.15, -0.1) is 0 Å². The average Bonchev–Trinajstić information content (AvgIpc) is 2.35. The fourth-order valence-electron chi connectivity index (χ4n) is 1.91. The molecule has 102 valence electrons. The molecule has 0 bridgehead atoms. The molecule has 0 saturated carbocycles. The maximum Gasteiger partial charge on any atom is 0.119 e. The van der Waals surface area contributed by atoms with Crippen molar-refractivity contribution in [1.29, 1.82) is 0 Å². The van der Waals surface area contributed by atoms with Crippen molar-refractivity contribution < 1.29 is 4.74 Å². The molecular weight excluding hydrogens is 224 g/mol. The molecule has 1 unspecified atom stereocenters. The van der Waals surface area contributed by atoms with Crippen LogP contribution in [0.5, 0.6) is 5.75 Å². The third kappa shape index (κ3) is 4.57. The van der Waals surface area contributed by atoms with Crippen LogP contribution in [0.4, 0.5) is 5.69 Å². The van der Waals surface area contributed by atoms with E-state index in [-0.39, 0.29) is 6.10 Å². The minimum Gasteiger partial charge on any atom is -0.491 e. The van der Waals surface area contributed by atoms with Gasteiger partial charge in [-0.05, 0) is 50.6 Å². The van der Waals surface area contributed by atoms with E-state index in [1.165, 1.54) is 5.69 Å². The zero-order chi connectivity index (χ0) is 13.5. The molecule has 0 amide bonds. The Morgan fingerprint density at radius 2 is 1.83 bits per heavy atom. The van der Waals surface area contributed by atoms with E-state index in [2.05, 4.69) is 31.0 Å². The van der Waals surface area contributed by atoms with Crippen LogP contribution in [0.25, 0.3) is 0 Å². The van der Waals surface area contributed by atoms with Crippen LogP contribution < -0.4 is 15.4 Å². The summed E-state index contributed by atoms with van der Waals surface area (Å²) in [4.78, 5) is 2.25. The lowest BCUT2D eigenvalue weighted by atomic mass is 10.1. The molecule has 0 spiro atoms. The van der Waals surface area contributed by atoms with Gasteiger partial charge in [-0.2, -0.15) is 0 Å². The zero-order valence-electron chi connectivity index (χ0n) is 12.0. The number of hydrogen-bond acceptors (Lipinski definition) is 3. The van der Waals surface area contributed by atoms with E-state index in [0.29, 0.717) is 5.92 Å². The average molecular weight is 250 g/mol. The van der Waals surface area contributed by atoms with Gasteiger partial charge in [-0.3, -0.25) is 0 Å². The third-order valence-electron chi connectivity index (χ3n) is 3.09. The fraction of sp³-hybridized carbons (Fsp3) is 0.600. The van der Waals surface area contributed by atoms with Crippen LogP contribution in [-0.2, 0) is 0 Å². The number of rotatable bonds is 7. The van der Waals surface area contributed by atoms with Crippen molar-refractivity contribution in [2.24, 2.45) is 11.7 Å². The van der Waals surface area contributed by atoms with Gasteiger partial charge >= 0.3 is 0 Å². The Labute approximate surface area is 111 Å². The standard InChI is InChI=1S/C15H26N2O/c1-5-13(10-16)11-17(4)14-6-8-15(9-7-14)18-12(2)3/h6-9,12-13H,5,10-11,16H2,1-4H3. The van der Waals surface area contributed by atoms with Gasteiger partial charge in [0.05, 0.1) is 6.10 Å². The van der Waals surface area contributed by atoms with Crippen LogP contribution in [0.15, 0.2) is 24.3 Å². The quantitative estimate of drug-likeness (QED) is 0.808. The van der Waals surface area contributed by atoms with Crippen molar-refractivity contribution in [3.8, 4) is 5.75 Å². The van der Waals surface area contributed by atoms with Gasteiger partial charge < -0.3 is 15.4 Å². The highest BCUT2D eigenvalue weighted by Gasteiger charge is 2.08. The van der Waals surface area contributed by atoms with Crippen LogP contribution in [0.1, 0.15) is 27.2 Å². The Bertz CT molecular complexity index is 331. The van der Waals surface area contributed by atoms with Crippen molar-refractivity contribution in [3.05, 3.63) is 24.3 Å². The van der Waals surface area contributed by atoms with E-state index < -0.39 is 0 Å². The predicted molar refractivity (Wildman–Crippen MR) is 78.3 cm³/mol. The van der Waals surface area contributed by atoms with E-state index in [9.17, 15) is 0 Å². The predicted octanol–water partition coefficient (Wildman–Crippen LogP) is 2.89. The van der Waals surface area contributed by atoms with E-state index in [0.717, 1.165) is 25.3 Å². The normalized spacial score (nSPS) is 12.6. The Balaban J connectivity index is 2.61. The number of nitrogens with zero attached hydrogens (tertiary/aromatic N) is 1. The summed E-state index contributed by atoms with van der Waals surface area (Å²) in [5.41, 5.74) is 6.95. The second-order valence-corrected chi connectivity index (χ2v) is 5.05. The topological polar surface area (TPSA) is 38.5 Å². The summed E-state index contributed by atoms with van der Waals surface area (Å²) in [6.07, 6.45) is 1.34. The molecule has 0 aromatic heterocycles. The molecule has 1 atom stereocenters. The molecule has 0 aliphatic heterocycles. The summed E-state index contributed by atoms with van der Waals surface area (Å²) in [5, 5.41) is 0. The number of hydrogen-bond donors (Lipinski definition) is 1. The molecule has 0 aliphatic carbocycles. The lowest BCUT2D eigenvalue weighted by Crippen LogP contribution is -2.29. The highest BCUT2D eigenvalue weighted by Crippen LogP contribution is 2.20. The number of anilines is 1. The van der Waals surface area contributed by atoms with Crippen molar-refractivity contribution >= 4 is 5.69 Å². The van der Waals surface area contributed by atoms with Gasteiger partial charge in [-0.1, -0.05) is 13.3 Å². The second-order valence-electron chi connectivity index (χ2n) is 5.05. The second kappa shape index (κ2) is 7.27. The molecule has 1 aromatic carbocycles. The van der Waals surface area contributed by atoms with Gasteiger partial charge in [0.2, 0.25) is 0 Å². The van der Waals surface area contributed by atoms with Gasteiger partial charge in [0, 0.05) is 19.3 Å². The first-order valence-corrected chi connectivity index (χ1v) is 6.74. The number of ether oxygens (including phenoxy) is 1. The molecule has 1 rings (SSSR count). The van der Waals surface area contributed by atoms with Crippen molar-refractivity contribution in [3.63, 3.8) is 0 Å². The molecule has 0 aliphatic rings. The molecule has 0 saturated heterocycles. The van der Waals surface area contributed by atoms with E-state index in [1.54, 1.807) is 0 Å². The summed E-state index contributed by atoms with van der Waals surface area (Å²) < 4.78 is 5.63. The lowest BCUT2D eigenvalue weighted by molar-refractivity contribution is 0.242. The van der Waals surface area contributed by atoms with Crippen LogP contribution in [0, 0.1) is 5.92 Å². The number of benzene rings is 1. The highest BCUT2D eigenvalue weighted by atomic mass is 16.5. The van der Waals surface area contributed by atoms with Crippen LogP contribution in [-0.4, -0.2) is 26.2 Å².